The maximum atomic E-state index is 12.9. The van der Waals surface area contributed by atoms with Gasteiger partial charge in [0.25, 0.3) is 5.56 Å². The van der Waals surface area contributed by atoms with E-state index in [2.05, 4.69) is 5.10 Å². The molecule has 120 valence electrons. The molecule has 2 aromatic heterocycles. The Kier molecular flexibility index (Phi) is 3.16. The fourth-order valence-electron chi connectivity index (χ4n) is 3.21. The van der Waals surface area contributed by atoms with Gasteiger partial charge in [0, 0.05) is 23.9 Å². The first-order chi connectivity index (χ1) is 11.6. The van der Waals surface area contributed by atoms with Crippen molar-refractivity contribution in [3.8, 4) is 5.75 Å². The normalized spacial score (nSPS) is 11.4. The summed E-state index contributed by atoms with van der Waals surface area (Å²) in [7, 11) is 1.84. The van der Waals surface area contributed by atoms with Crippen LogP contribution in [-0.2, 0) is 13.6 Å². The van der Waals surface area contributed by atoms with Crippen LogP contribution >= 0.6 is 0 Å². The molecule has 0 aliphatic heterocycles. The maximum absolute atomic E-state index is 12.9. The molecule has 0 amide bonds. The summed E-state index contributed by atoms with van der Waals surface area (Å²) in [5, 5.41) is 15.8. The number of rotatable bonds is 2. The van der Waals surface area contributed by atoms with Gasteiger partial charge in [-0.05, 0) is 30.2 Å². The first-order valence-corrected chi connectivity index (χ1v) is 7.78. The van der Waals surface area contributed by atoms with E-state index in [0.29, 0.717) is 12.1 Å². The predicted molar refractivity (Wildman–Crippen MR) is 94.4 cm³/mol. The first kappa shape index (κ1) is 14.5. The third-order valence-corrected chi connectivity index (χ3v) is 4.57. The second kappa shape index (κ2) is 5.23. The van der Waals surface area contributed by atoms with E-state index in [9.17, 15) is 9.90 Å². The first-order valence-electron chi connectivity index (χ1n) is 7.78. The van der Waals surface area contributed by atoms with Crippen molar-refractivity contribution in [3.05, 3.63) is 70.1 Å². The molecular formula is C19H17N3O2. The Labute approximate surface area is 138 Å². The van der Waals surface area contributed by atoms with E-state index in [1.165, 1.54) is 4.68 Å². The zero-order chi connectivity index (χ0) is 16.8. The number of hydrogen-bond acceptors (Lipinski definition) is 3. The van der Waals surface area contributed by atoms with Crippen molar-refractivity contribution < 1.29 is 5.11 Å². The molecule has 5 nitrogen and oxygen atoms in total. The lowest BCUT2D eigenvalue weighted by Gasteiger charge is -2.08. The quantitative estimate of drug-likeness (QED) is 0.618. The molecule has 0 bridgehead atoms. The molecule has 4 aromatic rings. The van der Waals surface area contributed by atoms with Crippen molar-refractivity contribution >= 4 is 21.8 Å². The molecule has 0 fully saturated rings. The molecule has 0 spiro atoms. The largest absolute Gasteiger partial charge is 0.508 e. The number of aromatic hydroxyl groups is 1. The molecule has 0 saturated heterocycles. The number of benzene rings is 2. The molecular weight excluding hydrogens is 302 g/mol. The van der Waals surface area contributed by atoms with Crippen LogP contribution in [0.15, 0.2) is 53.5 Å². The molecule has 0 saturated carbocycles. The van der Waals surface area contributed by atoms with Crippen molar-refractivity contribution in [2.24, 2.45) is 7.05 Å². The van der Waals surface area contributed by atoms with Crippen molar-refractivity contribution in [1.29, 1.82) is 0 Å². The fraction of sp³-hybridized carbons (Fsp3) is 0.158. The Bertz CT molecular complexity index is 1140. The minimum Gasteiger partial charge on any atom is -0.508 e. The predicted octanol–water partition coefficient (Wildman–Crippen LogP) is 2.95. The molecule has 24 heavy (non-hydrogen) atoms. The van der Waals surface area contributed by atoms with E-state index < -0.39 is 0 Å². The second-order valence-electron chi connectivity index (χ2n) is 6.06. The highest BCUT2D eigenvalue weighted by atomic mass is 16.3. The average molecular weight is 319 g/mol. The summed E-state index contributed by atoms with van der Waals surface area (Å²) in [6, 6.07) is 13.1. The van der Waals surface area contributed by atoms with Crippen LogP contribution in [0.5, 0.6) is 5.75 Å². The van der Waals surface area contributed by atoms with Crippen molar-refractivity contribution in [3.63, 3.8) is 0 Å². The Hall–Kier alpha value is -3.08. The van der Waals surface area contributed by atoms with Crippen LogP contribution in [0.1, 0.15) is 11.1 Å². The van der Waals surface area contributed by atoms with Gasteiger partial charge in [-0.15, -0.1) is 0 Å². The lowest BCUT2D eigenvalue weighted by molar-refractivity contribution is 0.476. The van der Waals surface area contributed by atoms with Crippen LogP contribution in [0.25, 0.3) is 21.8 Å². The molecule has 2 aromatic carbocycles. The monoisotopic (exact) mass is 319 g/mol. The molecule has 0 atom stereocenters. The third-order valence-electron chi connectivity index (χ3n) is 4.57. The second-order valence-corrected chi connectivity index (χ2v) is 6.06. The number of fused-ring (bicyclic) bond motifs is 3. The molecule has 5 heteroatoms. The van der Waals surface area contributed by atoms with E-state index in [0.717, 1.165) is 27.4 Å². The molecule has 0 aliphatic rings. The minimum atomic E-state index is -0.131. The van der Waals surface area contributed by atoms with Crippen LogP contribution in [-0.4, -0.2) is 19.5 Å². The van der Waals surface area contributed by atoms with E-state index in [1.807, 2.05) is 48.9 Å². The summed E-state index contributed by atoms with van der Waals surface area (Å²) in [5.74, 6) is 0.182. The van der Waals surface area contributed by atoms with Crippen LogP contribution in [0.4, 0.5) is 0 Å². The van der Waals surface area contributed by atoms with Crippen LogP contribution in [0.2, 0.25) is 0 Å². The van der Waals surface area contributed by atoms with E-state index in [4.69, 9.17) is 0 Å². The van der Waals surface area contributed by atoms with Gasteiger partial charge in [0.05, 0.1) is 18.3 Å². The summed E-state index contributed by atoms with van der Waals surface area (Å²) in [4.78, 5) is 12.9. The number of nitrogens with zero attached hydrogens (tertiary/aromatic N) is 3. The Balaban J connectivity index is 1.95. The van der Waals surface area contributed by atoms with Crippen molar-refractivity contribution in [2.75, 3.05) is 0 Å². The Morgan fingerprint density at radius 2 is 1.92 bits per heavy atom. The molecule has 0 aliphatic carbocycles. The van der Waals surface area contributed by atoms with Gasteiger partial charge in [0.2, 0.25) is 0 Å². The molecule has 2 heterocycles. The highest BCUT2D eigenvalue weighted by molar-refractivity contribution is 6.07. The number of aromatic nitrogens is 3. The lowest BCUT2D eigenvalue weighted by atomic mass is 10.1. The molecule has 1 N–H and O–H groups in total. The van der Waals surface area contributed by atoms with Crippen LogP contribution < -0.4 is 5.56 Å². The van der Waals surface area contributed by atoms with Gasteiger partial charge in [0.1, 0.15) is 11.3 Å². The number of aryl methyl sites for hydroxylation is 2. The fourth-order valence-corrected chi connectivity index (χ4v) is 3.21. The van der Waals surface area contributed by atoms with Crippen LogP contribution in [0.3, 0.4) is 0 Å². The summed E-state index contributed by atoms with van der Waals surface area (Å²) in [5.41, 5.74) is 3.49. The average Bonchev–Trinajstić information content (AvgIpc) is 2.85. The van der Waals surface area contributed by atoms with E-state index >= 15 is 0 Å². The standard InChI is InChI=1S/C19H17N3O2/c1-12-5-3-4-6-13(12)11-22-19(24)18-16(10-20-22)15-8-7-14(23)9-17(15)21(18)2/h3-10,23H,11H2,1-2H3. The van der Waals surface area contributed by atoms with Crippen LogP contribution in [0, 0.1) is 6.92 Å². The van der Waals surface area contributed by atoms with Crippen molar-refractivity contribution in [2.45, 2.75) is 13.5 Å². The lowest BCUT2D eigenvalue weighted by Crippen LogP contribution is -2.24. The number of phenolic OH excluding ortho intramolecular Hbond substituents is 1. The SMILES string of the molecule is Cc1ccccc1Cn1ncc2c3ccc(O)cc3n(C)c2c1=O. The summed E-state index contributed by atoms with van der Waals surface area (Å²) in [6.45, 7) is 2.46. The van der Waals surface area contributed by atoms with Gasteiger partial charge in [0.15, 0.2) is 0 Å². The Morgan fingerprint density at radius 3 is 2.71 bits per heavy atom. The van der Waals surface area contributed by atoms with Gasteiger partial charge in [-0.2, -0.15) is 5.10 Å². The highest BCUT2D eigenvalue weighted by Crippen LogP contribution is 2.28. The molecule has 0 radical (unpaired) electrons. The summed E-state index contributed by atoms with van der Waals surface area (Å²) < 4.78 is 3.31. The topological polar surface area (TPSA) is 60.0 Å². The van der Waals surface area contributed by atoms with Gasteiger partial charge in [-0.1, -0.05) is 24.3 Å². The van der Waals surface area contributed by atoms with E-state index in [-0.39, 0.29) is 11.3 Å². The zero-order valence-electron chi connectivity index (χ0n) is 13.5. The number of phenols is 1. The van der Waals surface area contributed by atoms with E-state index in [1.54, 1.807) is 18.3 Å². The smallest absolute Gasteiger partial charge is 0.291 e. The van der Waals surface area contributed by atoms with Crippen molar-refractivity contribution in [1.82, 2.24) is 14.3 Å². The maximum Gasteiger partial charge on any atom is 0.291 e. The summed E-state index contributed by atoms with van der Waals surface area (Å²) in [6.07, 6.45) is 1.73. The Morgan fingerprint density at radius 1 is 1.12 bits per heavy atom. The van der Waals surface area contributed by atoms with Gasteiger partial charge >= 0.3 is 0 Å². The minimum absolute atomic E-state index is 0.131. The number of hydrogen-bond donors (Lipinski definition) is 1. The zero-order valence-corrected chi connectivity index (χ0v) is 13.5. The van der Waals surface area contributed by atoms with Gasteiger partial charge in [-0.3, -0.25) is 4.79 Å². The molecule has 4 rings (SSSR count). The third kappa shape index (κ3) is 2.09. The van der Waals surface area contributed by atoms with Gasteiger partial charge in [-0.25, -0.2) is 4.68 Å². The van der Waals surface area contributed by atoms with Gasteiger partial charge < -0.3 is 9.67 Å². The highest BCUT2D eigenvalue weighted by Gasteiger charge is 2.14. The summed E-state index contributed by atoms with van der Waals surface area (Å²) >= 11 is 0. The molecule has 0 unspecified atom stereocenters.